The van der Waals surface area contributed by atoms with Gasteiger partial charge in [-0.2, -0.15) is 5.10 Å². The van der Waals surface area contributed by atoms with Crippen LogP contribution in [0.15, 0.2) is 73.2 Å². The summed E-state index contributed by atoms with van der Waals surface area (Å²) in [4.78, 5) is 17.8. The number of halogens is 2. The molecule has 1 aliphatic rings. The SMILES string of the molecule is Cc1ccc(Cl)cc1N1CCN(CCNC(=O)c2cnn(-c3ccc(F)cc3)c2-n2cccc2)CC1. The van der Waals surface area contributed by atoms with E-state index in [0.29, 0.717) is 23.6 Å². The number of amides is 1. The molecule has 9 heteroatoms. The van der Waals surface area contributed by atoms with Gasteiger partial charge in [-0.3, -0.25) is 9.69 Å². The topological polar surface area (TPSA) is 58.3 Å². The van der Waals surface area contributed by atoms with E-state index < -0.39 is 0 Å². The van der Waals surface area contributed by atoms with Crippen molar-refractivity contribution in [2.24, 2.45) is 0 Å². The molecule has 2 aromatic carbocycles. The second-order valence-corrected chi connectivity index (χ2v) is 9.31. The number of carbonyl (C=O) groups is 1. The van der Waals surface area contributed by atoms with Crippen molar-refractivity contribution in [3.8, 4) is 11.5 Å². The third-order valence-corrected chi connectivity index (χ3v) is 6.74. The minimum Gasteiger partial charge on any atom is -0.369 e. The highest BCUT2D eigenvalue weighted by molar-refractivity contribution is 6.30. The normalized spacial score (nSPS) is 14.2. The zero-order valence-corrected chi connectivity index (χ0v) is 20.8. The summed E-state index contributed by atoms with van der Waals surface area (Å²) >= 11 is 6.20. The van der Waals surface area contributed by atoms with Gasteiger partial charge in [0, 0.05) is 62.4 Å². The Morgan fingerprint density at radius 2 is 1.78 bits per heavy atom. The molecule has 7 nitrogen and oxygen atoms in total. The molecule has 0 radical (unpaired) electrons. The second kappa shape index (κ2) is 10.6. The van der Waals surface area contributed by atoms with Crippen LogP contribution >= 0.6 is 11.6 Å². The van der Waals surface area contributed by atoms with Gasteiger partial charge in [0.05, 0.1) is 11.9 Å². The number of rotatable bonds is 7. The van der Waals surface area contributed by atoms with E-state index in [0.717, 1.165) is 37.7 Å². The molecule has 0 atom stereocenters. The van der Waals surface area contributed by atoms with Crippen LogP contribution in [0.3, 0.4) is 0 Å². The third-order valence-electron chi connectivity index (χ3n) is 6.51. The Balaban J connectivity index is 1.21. The number of hydrogen-bond donors (Lipinski definition) is 1. The lowest BCUT2D eigenvalue weighted by molar-refractivity contribution is 0.0947. The first-order valence-corrected chi connectivity index (χ1v) is 12.4. The molecule has 0 unspecified atom stereocenters. The van der Waals surface area contributed by atoms with Gasteiger partial charge in [0.1, 0.15) is 11.4 Å². The molecule has 1 saturated heterocycles. The average Bonchev–Trinajstić information content (AvgIpc) is 3.56. The van der Waals surface area contributed by atoms with Crippen LogP contribution in [0.2, 0.25) is 5.02 Å². The van der Waals surface area contributed by atoms with E-state index in [9.17, 15) is 9.18 Å². The Labute approximate surface area is 214 Å². The Kier molecular flexibility index (Phi) is 7.06. The number of anilines is 1. The molecule has 4 aromatic rings. The van der Waals surface area contributed by atoms with Gasteiger partial charge in [0.2, 0.25) is 0 Å². The highest BCUT2D eigenvalue weighted by Crippen LogP contribution is 2.25. The van der Waals surface area contributed by atoms with Crippen molar-refractivity contribution < 1.29 is 9.18 Å². The molecule has 2 aromatic heterocycles. The van der Waals surface area contributed by atoms with Crippen molar-refractivity contribution in [1.82, 2.24) is 24.6 Å². The summed E-state index contributed by atoms with van der Waals surface area (Å²) in [6.07, 6.45) is 5.27. The first-order valence-electron chi connectivity index (χ1n) is 12.0. The Morgan fingerprint density at radius 3 is 2.50 bits per heavy atom. The largest absolute Gasteiger partial charge is 0.369 e. The molecule has 36 heavy (non-hydrogen) atoms. The van der Waals surface area contributed by atoms with Gasteiger partial charge in [-0.05, 0) is 61.0 Å². The predicted octanol–water partition coefficient (Wildman–Crippen LogP) is 4.32. The van der Waals surface area contributed by atoms with Crippen LogP contribution in [0.25, 0.3) is 11.5 Å². The van der Waals surface area contributed by atoms with E-state index in [4.69, 9.17) is 11.6 Å². The highest BCUT2D eigenvalue weighted by atomic mass is 35.5. The summed E-state index contributed by atoms with van der Waals surface area (Å²) in [5.74, 6) is 0.0878. The van der Waals surface area contributed by atoms with Gasteiger partial charge in [0.25, 0.3) is 5.91 Å². The molecule has 5 rings (SSSR count). The summed E-state index contributed by atoms with van der Waals surface area (Å²) in [6.45, 7) is 7.06. The van der Waals surface area contributed by atoms with Gasteiger partial charge >= 0.3 is 0 Å². The quantitative estimate of drug-likeness (QED) is 0.406. The van der Waals surface area contributed by atoms with Gasteiger partial charge in [-0.25, -0.2) is 9.07 Å². The number of carbonyl (C=O) groups excluding carboxylic acids is 1. The van der Waals surface area contributed by atoms with Crippen LogP contribution in [0.5, 0.6) is 0 Å². The van der Waals surface area contributed by atoms with E-state index in [2.05, 4.69) is 33.2 Å². The number of hydrogen-bond acceptors (Lipinski definition) is 4. The van der Waals surface area contributed by atoms with Crippen molar-refractivity contribution in [3.63, 3.8) is 0 Å². The summed E-state index contributed by atoms with van der Waals surface area (Å²) < 4.78 is 16.9. The first-order chi connectivity index (χ1) is 17.5. The summed E-state index contributed by atoms with van der Waals surface area (Å²) in [5, 5.41) is 8.22. The minimum absolute atomic E-state index is 0.194. The number of aryl methyl sites for hydroxylation is 1. The fraction of sp³-hybridized carbons (Fsp3) is 0.259. The lowest BCUT2D eigenvalue weighted by Gasteiger charge is -2.36. The second-order valence-electron chi connectivity index (χ2n) is 8.88. The molecule has 0 bridgehead atoms. The molecule has 1 N–H and O–H groups in total. The predicted molar refractivity (Wildman–Crippen MR) is 140 cm³/mol. The van der Waals surface area contributed by atoms with Crippen LogP contribution in [0.1, 0.15) is 15.9 Å². The third kappa shape index (κ3) is 5.15. The minimum atomic E-state index is -0.324. The molecule has 0 spiro atoms. The van der Waals surface area contributed by atoms with Crippen molar-refractivity contribution in [2.75, 3.05) is 44.2 Å². The lowest BCUT2D eigenvalue weighted by Crippen LogP contribution is -2.48. The van der Waals surface area contributed by atoms with E-state index in [1.165, 1.54) is 23.4 Å². The fourth-order valence-electron chi connectivity index (χ4n) is 4.56. The maximum atomic E-state index is 13.4. The van der Waals surface area contributed by atoms with Gasteiger partial charge in [0.15, 0.2) is 5.82 Å². The molecule has 0 saturated carbocycles. The maximum Gasteiger partial charge on any atom is 0.256 e. The van der Waals surface area contributed by atoms with E-state index in [1.807, 2.05) is 41.2 Å². The fourth-order valence-corrected chi connectivity index (χ4v) is 4.72. The van der Waals surface area contributed by atoms with E-state index in [1.54, 1.807) is 23.0 Å². The van der Waals surface area contributed by atoms with E-state index >= 15 is 0 Å². The summed E-state index contributed by atoms with van der Waals surface area (Å²) in [7, 11) is 0. The van der Waals surface area contributed by atoms with Crippen molar-refractivity contribution >= 4 is 23.2 Å². The number of piperazine rings is 1. The number of nitrogens with one attached hydrogen (secondary N) is 1. The molecule has 1 fully saturated rings. The Bertz CT molecular complexity index is 1330. The van der Waals surface area contributed by atoms with Crippen molar-refractivity contribution in [2.45, 2.75) is 6.92 Å². The number of nitrogens with zero attached hydrogens (tertiary/aromatic N) is 5. The Morgan fingerprint density at radius 1 is 1.06 bits per heavy atom. The summed E-state index contributed by atoms with van der Waals surface area (Å²) in [6, 6.07) is 15.8. The van der Waals surface area contributed by atoms with Gasteiger partial charge in [-0.1, -0.05) is 17.7 Å². The molecule has 1 amide bonds. The molecular weight excluding hydrogens is 479 g/mol. The molecule has 1 aliphatic heterocycles. The monoisotopic (exact) mass is 506 g/mol. The van der Waals surface area contributed by atoms with Crippen LogP contribution in [0.4, 0.5) is 10.1 Å². The Hall–Kier alpha value is -3.62. The molecule has 0 aliphatic carbocycles. The van der Waals surface area contributed by atoms with Crippen LogP contribution < -0.4 is 10.2 Å². The molecule has 3 heterocycles. The zero-order valence-electron chi connectivity index (χ0n) is 20.1. The van der Waals surface area contributed by atoms with Crippen LogP contribution in [0, 0.1) is 12.7 Å². The molecular formula is C27H28ClFN6O. The van der Waals surface area contributed by atoms with Gasteiger partial charge in [-0.15, -0.1) is 0 Å². The standard InChI is InChI=1S/C27H28ClFN6O/c1-20-4-5-21(28)18-25(20)33-16-14-32(15-17-33)13-10-30-26(36)24-19-31-35(23-8-6-22(29)7-9-23)27(24)34-11-2-3-12-34/h2-9,11-12,18-19H,10,13-17H2,1H3,(H,30,36). The average molecular weight is 507 g/mol. The van der Waals surface area contributed by atoms with Crippen molar-refractivity contribution in [1.29, 1.82) is 0 Å². The maximum absolute atomic E-state index is 13.4. The lowest BCUT2D eigenvalue weighted by atomic mass is 10.1. The van der Waals surface area contributed by atoms with Gasteiger partial charge < -0.3 is 14.8 Å². The summed E-state index contributed by atoms with van der Waals surface area (Å²) in [5.41, 5.74) is 3.54. The zero-order chi connectivity index (χ0) is 25.1. The molecule has 186 valence electrons. The number of benzene rings is 2. The highest BCUT2D eigenvalue weighted by Gasteiger charge is 2.21. The smallest absolute Gasteiger partial charge is 0.256 e. The van der Waals surface area contributed by atoms with Crippen LogP contribution in [-0.2, 0) is 0 Å². The van der Waals surface area contributed by atoms with E-state index in [-0.39, 0.29) is 11.7 Å². The number of aromatic nitrogens is 3. The first kappa shape index (κ1) is 24.1. The van der Waals surface area contributed by atoms with Crippen molar-refractivity contribution in [3.05, 3.63) is 95.2 Å². The van der Waals surface area contributed by atoms with Crippen LogP contribution in [-0.4, -0.2) is 64.4 Å².